The molecule has 1 atom stereocenters. The van der Waals surface area contributed by atoms with Gasteiger partial charge in [-0.05, 0) is 112 Å². The molecular formula is C32H39ClN4O4. The lowest BCUT2D eigenvalue weighted by Gasteiger charge is -2.38. The number of aryl methyl sites for hydroxylation is 1. The molecule has 1 amide bonds. The Balaban J connectivity index is 0.00000462. The molecule has 0 spiro atoms. The summed E-state index contributed by atoms with van der Waals surface area (Å²) in [6, 6.07) is 12.8. The van der Waals surface area contributed by atoms with E-state index in [0.29, 0.717) is 23.7 Å². The van der Waals surface area contributed by atoms with Crippen LogP contribution in [0.4, 0.5) is 11.4 Å². The number of amides is 1. The van der Waals surface area contributed by atoms with Crippen LogP contribution in [0.3, 0.4) is 0 Å². The number of halogens is 1. The molecule has 4 rings (SSSR count). The summed E-state index contributed by atoms with van der Waals surface area (Å²) in [4.78, 5) is 16.5. The van der Waals surface area contributed by atoms with E-state index in [1.165, 1.54) is 6.08 Å². The predicted octanol–water partition coefficient (Wildman–Crippen LogP) is 6.16. The van der Waals surface area contributed by atoms with Gasteiger partial charge < -0.3 is 31.4 Å². The number of nitrogens with one attached hydrogen (secondary N) is 1. The van der Waals surface area contributed by atoms with Crippen LogP contribution >= 0.6 is 12.4 Å². The van der Waals surface area contributed by atoms with Crippen LogP contribution in [0.15, 0.2) is 53.5 Å². The Labute approximate surface area is 247 Å². The summed E-state index contributed by atoms with van der Waals surface area (Å²) in [6.45, 7) is 10.4. The van der Waals surface area contributed by atoms with Crippen molar-refractivity contribution in [1.82, 2.24) is 0 Å². The van der Waals surface area contributed by atoms with Crippen molar-refractivity contribution in [3.8, 4) is 17.2 Å². The molecule has 0 fully saturated rings. The van der Waals surface area contributed by atoms with Crippen LogP contribution in [0.2, 0.25) is 0 Å². The zero-order chi connectivity index (χ0) is 29.0. The first kappa shape index (κ1) is 31.4. The van der Waals surface area contributed by atoms with Gasteiger partial charge in [-0.25, -0.2) is 4.99 Å². The number of nitrogens with zero attached hydrogens (tertiary/aromatic N) is 1. The average Bonchev–Trinajstić information content (AvgIpc) is 2.91. The zero-order valence-electron chi connectivity index (χ0n) is 24.2. The smallest absolute Gasteiger partial charge is 0.248 e. The highest BCUT2D eigenvalue weighted by Gasteiger charge is 2.34. The number of anilines is 1. The summed E-state index contributed by atoms with van der Waals surface area (Å²) in [5.74, 6) is 1.76. The molecule has 0 saturated heterocycles. The quantitative estimate of drug-likeness (QED) is 0.144. The van der Waals surface area contributed by atoms with Crippen molar-refractivity contribution < 1.29 is 19.4 Å². The number of carbonyl (C=O) groups is 1. The van der Waals surface area contributed by atoms with Crippen LogP contribution < -0.4 is 26.3 Å². The summed E-state index contributed by atoms with van der Waals surface area (Å²) in [5, 5.41) is 13.3. The molecule has 3 aromatic carbocycles. The van der Waals surface area contributed by atoms with Gasteiger partial charge in [0.1, 0.15) is 22.8 Å². The maximum absolute atomic E-state index is 12.5. The minimum absolute atomic E-state index is 0. The molecule has 9 heteroatoms. The minimum atomic E-state index is -0.353. The third kappa shape index (κ3) is 7.52. The van der Waals surface area contributed by atoms with Crippen LogP contribution in [0, 0.1) is 27.7 Å². The number of benzene rings is 3. The van der Waals surface area contributed by atoms with Gasteiger partial charge in [-0.3, -0.25) is 4.79 Å². The Bertz CT molecular complexity index is 1480. The Kier molecular flexibility index (Phi) is 9.94. The maximum atomic E-state index is 12.5. The van der Waals surface area contributed by atoms with Crippen LogP contribution in [0.1, 0.15) is 53.1 Å². The molecule has 1 aliphatic heterocycles. The Morgan fingerprint density at radius 2 is 1.80 bits per heavy atom. The van der Waals surface area contributed by atoms with Gasteiger partial charge in [-0.1, -0.05) is 12.1 Å². The number of carbonyl (C=O) groups excluding carboxylic acids is 1. The van der Waals surface area contributed by atoms with Crippen molar-refractivity contribution in [3.05, 3.63) is 81.9 Å². The number of rotatable bonds is 8. The Hall–Kier alpha value is -4.17. The fourth-order valence-electron chi connectivity index (χ4n) is 4.88. The number of aromatic hydroxyl groups is 1. The van der Waals surface area contributed by atoms with Gasteiger partial charge in [0.15, 0.2) is 5.96 Å². The minimum Gasteiger partial charge on any atom is -0.507 e. The molecule has 8 nitrogen and oxygen atoms in total. The van der Waals surface area contributed by atoms with Gasteiger partial charge in [0.2, 0.25) is 5.91 Å². The molecule has 0 bridgehead atoms. The van der Waals surface area contributed by atoms with Gasteiger partial charge in [0.25, 0.3) is 0 Å². The van der Waals surface area contributed by atoms with Crippen molar-refractivity contribution in [1.29, 1.82) is 0 Å². The standard InChI is InChI=1S/C32H38N4O4.ClH/c1-19-18-25(11-12-27(19)36-28(37)13-8-23-6-9-24(10-7-23)35-31(33)34)39-17-16-32(5)15-14-26-22(4)29(38)20(2)21(3)30(26)40-32;/h6-13,18,38H,14-17H2,1-5H3,(H,36,37)(H4,33,34,35);1H/b13-8+;. The molecule has 6 N–H and O–H groups in total. The molecular weight excluding hydrogens is 540 g/mol. The summed E-state index contributed by atoms with van der Waals surface area (Å²) >= 11 is 0. The molecule has 218 valence electrons. The van der Waals surface area contributed by atoms with E-state index in [9.17, 15) is 9.90 Å². The van der Waals surface area contributed by atoms with Crippen LogP contribution in [0.25, 0.3) is 6.08 Å². The van der Waals surface area contributed by atoms with Crippen molar-refractivity contribution in [2.75, 3.05) is 11.9 Å². The maximum Gasteiger partial charge on any atom is 0.248 e. The van der Waals surface area contributed by atoms with Crippen molar-refractivity contribution in [2.24, 2.45) is 16.5 Å². The number of phenolic OH excluding ortho intramolecular Hbond substituents is 1. The topological polar surface area (TPSA) is 132 Å². The number of aliphatic imine (C=N–C) groups is 1. The molecule has 1 heterocycles. The number of phenols is 1. The van der Waals surface area contributed by atoms with E-state index in [-0.39, 0.29) is 29.9 Å². The number of ether oxygens (including phenoxy) is 2. The van der Waals surface area contributed by atoms with Crippen LogP contribution in [0.5, 0.6) is 17.2 Å². The number of hydrogen-bond donors (Lipinski definition) is 4. The molecule has 0 aromatic heterocycles. The van der Waals surface area contributed by atoms with Gasteiger partial charge >= 0.3 is 0 Å². The lowest BCUT2D eigenvalue weighted by atomic mass is 9.86. The van der Waals surface area contributed by atoms with E-state index in [1.807, 2.05) is 58.0 Å². The van der Waals surface area contributed by atoms with E-state index in [2.05, 4.69) is 17.2 Å². The molecule has 3 aromatic rings. The first-order valence-corrected chi connectivity index (χ1v) is 13.4. The summed E-state index contributed by atoms with van der Waals surface area (Å²) in [6.07, 6.45) is 5.64. The number of hydrogen-bond acceptors (Lipinski definition) is 5. The molecule has 1 aliphatic rings. The third-order valence-electron chi connectivity index (χ3n) is 7.53. The average molecular weight is 579 g/mol. The lowest BCUT2D eigenvalue weighted by molar-refractivity contribution is -0.111. The van der Waals surface area contributed by atoms with Crippen molar-refractivity contribution in [2.45, 2.75) is 59.5 Å². The van der Waals surface area contributed by atoms with E-state index < -0.39 is 0 Å². The fraction of sp³-hybridized carbons (Fsp3) is 0.312. The third-order valence-corrected chi connectivity index (χ3v) is 7.53. The monoisotopic (exact) mass is 578 g/mol. The molecule has 1 unspecified atom stereocenters. The molecule has 0 radical (unpaired) electrons. The molecule has 41 heavy (non-hydrogen) atoms. The largest absolute Gasteiger partial charge is 0.507 e. The van der Waals surface area contributed by atoms with Gasteiger partial charge in [-0.15, -0.1) is 12.4 Å². The van der Waals surface area contributed by atoms with Crippen molar-refractivity contribution in [3.63, 3.8) is 0 Å². The summed E-state index contributed by atoms with van der Waals surface area (Å²) in [7, 11) is 0. The lowest BCUT2D eigenvalue weighted by Crippen LogP contribution is -2.38. The van der Waals surface area contributed by atoms with Crippen molar-refractivity contribution >= 4 is 41.7 Å². The van der Waals surface area contributed by atoms with E-state index in [4.69, 9.17) is 20.9 Å². The number of fused-ring (bicyclic) bond motifs is 1. The Morgan fingerprint density at radius 3 is 2.46 bits per heavy atom. The second-order valence-electron chi connectivity index (χ2n) is 10.6. The second-order valence-corrected chi connectivity index (χ2v) is 10.6. The van der Waals surface area contributed by atoms with E-state index in [1.54, 1.807) is 18.2 Å². The predicted molar refractivity (Wildman–Crippen MR) is 168 cm³/mol. The van der Waals surface area contributed by atoms with Gasteiger partial charge in [-0.2, -0.15) is 0 Å². The number of nitrogens with two attached hydrogens (primary N) is 2. The molecule has 0 aliphatic carbocycles. The van der Waals surface area contributed by atoms with E-state index in [0.717, 1.165) is 64.1 Å². The highest BCUT2D eigenvalue weighted by atomic mass is 35.5. The highest BCUT2D eigenvalue weighted by Crippen LogP contribution is 2.44. The first-order chi connectivity index (χ1) is 19.0. The summed E-state index contributed by atoms with van der Waals surface area (Å²) in [5.41, 5.74) is 17.4. The normalized spacial score (nSPS) is 15.8. The highest BCUT2D eigenvalue weighted by molar-refractivity contribution is 6.02. The second kappa shape index (κ2) is 13.0. The number of guanidine groups is 1. The van der Waals surface area contributed by atoms with Gasteiger partial charge in [0, 0.05) is 23.7 Å². The Morgan fingerprint density at radius 1 is 1.10 bits per heavy atom. The zero-order valence-corrected chi connectivity index (χ0v) is 25.0. The van der Waals surface area contributed by atoms with Crippen LogP contribution in [-0.4, -0.2) is 29.2 Å². The first-order valence-electron chi connectivity index (χ1n) is 13.4. The fourth-order valence-corrected chi connectivity index (χ4v) is 4.88. The SMILES string of the molecule is Cc1cc(OCCC2(C)CCc3c(C)c(O)c(C)c(C)c3O2)ccc1NC(=O)/C=C/c1ccc(N=C(N)N)cc1.Cl. The van der Waals surface area contributed by atoms with E-state index >= 15 is 0 Å². The van der Waals surface area contributed by atoms with Gasteiger partial charge in [0.05, 0.1) is 12.3 Å². The van der Waals surface area contributed by atoms with Crippen LogP contribution in [-0.2, 0) is 11.2 Å². The summed E-state index contributed by atoms with van der Waals surface area (Å²) < 4.78 is 12.6. The molecule has 0 saturated carbocycles.